The van der Waals surface area contributed by atoms with Crippen LogP contribution in [0.5, 0.6) is 0 Å². The normalized spacial score (nSPS) is 11.7. The molecule has 0 fully saturated rings. The summed E-state index contributed by atoms with van der Waals surface area (Å²) >= 11 is 0. The van der Waals surface area contributed by atoms with Crippen molar-refractivity contribution < 1.29 is 14.6 Å². The predicted molar refractivity (Wildman–Crippen MR) is 71.0 cm³/mol. The zero-order valence-corrected chi connectivity index (χ0v) is 10.8. The van der Waals surface area contributed by atoms with Crippen LogP contribution in [0.2, 0.25) is 0 Å². The zero-order chi connectivity index (χ0) is 13.4. The Morgan fingerprint density at radius 3 is 2.61 bits per heavy atom. The van der Waals surface area contributed by atoms with E-state index in [1.54, 1.807) is 6.08 Å². The highest BCUT2D eigenvalue weighted by atomic mass is 16.5. The van der Waals surface area contributed by atoms with Gasteiger partial charge in [0.2, 0.25) is 0 Å². The van der Waals surface area contributed by atoms with Crippen molar-refractivity contribution >= 4 is 12.0 Å². The standard InChI is InChI=1S/C14H19NO3/c1-15(8-9-16)11-13(14(17)18-2)10-12-6-4-3-5-7-12/h3-7,10,16H,8-9,11H2,1-2H3/b13-10-. The fourth-order valence-corrected chi connectivity index (χ4v) is 1.59. The van der Waals surface area contributed by atoms with E-state index in [1.807, 2.05) is 42.3 Å². The van der Waals surface area contributed by atoms with Crippen LogP contribution >= 0.6 is 0 Å². The minimum absolute atomic E-state index is 0.0658. The minimum Gasteiger partial charge on any atom is -0.466 e. The maximum absolute atomic E-state index is 11.7. The van der Waals surface area contributed by atoms with Crippen molar-refractivity contribution in [1.82, 2.24) is 4.90 Å². The van der Waals surface area contributed by atoms with Crippen molar-refractivity contribution in [3.8, 4) is 0 Å². The van der Waals surface area contributed by atoms with Gasteiger partial charge in [0, 0.05) is 13.1 Å². The summed E-state index contributed by atoms with van der Waals surface area (Å²) in [6.45, 7) is 1.03. The van der Waals surface area contributed by atoms with E-state index in [1.165, 1.54) is 7.11 Å². The Balaban J connectivity index is 2.85. The lowest BCUT2D eigenvalue weighted by Crippen LogP contribution is -2.27. The Bertz CT molecular complexity index is 401. The Kier molecular flexibility index (Phi) is 6.11. The molecular formula is C14H19NO3. The van der Waals surface area contributed by atoms with E-state index in [-0.39, 0.29) is 12.6 Å². The van der Waals surface area contributed by atoms with Gasteiger partial charge in [0.05, 0.1) is 19.3 Å². The van der Waals surface area contributed by atoms with Crippen LogP contribution in [0.15, 0.2) is 35.9 Å². The lowest BCUT2D eigenvalue weighted by molar-refractivity contribution is -0.136. The minimum atomic E-state index is -0.344. The highest BCUT2D eigenvalue weighted by molar-refractivity contribution is 5.94. The topological polar surface area (TPSA) is 49.8 Å². The molecule has 1 aromatic carbocycles. The number of carbonyl (C=O) groups excluding carboxylic acids is 1. The van der Waals surface area contributed by atoms with Crippen molar-refractivity contribution in [1.29, 1.82) is 0 Å². The largest absolute Gasteiger partial charge is 0.466 e. The van der Waals surface area contributed by atoms with E-state index >= 15 is 0 Å². The van der Waals surface area contributed by atoms with E-state index in [4.69, 9.17) is 9.84 Å². The number of hydrogen-bond donors (Lipinski definition) is 1. The third kappa shape index (κ3) is 4.69. The molecule has 0 amide bonds. The number of carbonyl (C=O) groups is 1. The highest BCUT2D eigenvalue weighted by Gasteiger charge is 2.12. The molecule has 4 heteroatoms. The van der Waals surface area contributed by atoms with Crippen LogP contribution in [0.1, 0.15) is 5.56 Å². The summed E-state index contributed by atoms with van der Waals surface area (Å²) < 4.78 is 4.77. The quantitative estimate of drug-likeness (QED) is 0.607. The fourth-order valence-electron chi connectivity index (χ4n) is 1.59. The number of likely N-dealkylation sites (N-methyl/N-ethyl adjacent to an activating group) is 1. The van der Waals surface area contributed by atoms with Crippen molar-refractivity contribution in [2.75, 3.05) is 33.9 Å². The van der Waals surface area contributed by atoms with E-state index in [2.05, 4.69) is 0 Å². The number of aliphatic hydroxyl groups excluding tert-OH is 1. The second kappa shape index (κ2) is 7.63. The molecule has 0 unspecified atom stereocenters. The molecule has 0 heterocycles. The zero-order valence-electron chi connectivity index (χ0n) is 10.8. The molecule has 0 aromatic heterocycles. The average Bonchev–Trinajstić information content (AvgIpc) is 2.38. The van der Waals surface area contributed by atoms with Gasteiger partial charge < -0.3 is 9.84 Å². The summed E-state index contributed by atoms with van der Waals surface area (Å²) in [4.78, 5) is 13.5. The Morgan fingerprint density at radius 1 is 1.39 bits per heavy atom. The number of hydrogen-bond acceptors (Lipinski definition) is 4. The van der Waals surface area contributed by atoms with Crippen LogP contribution < -0.4 is 0 Å². The molecule has 1 aromatic rings. The monoisotopic (exact) mass is 249 g/mol. The predicted octanol–water partition coefficient (Wildman–Crippen LogP) is 1.17. The summed E-state index contributed by atoms with van der Waals surface area (Å²) in [7, 11) is 3.21. The fraction of sp³-hybridized carbons (Fsp3) is 0.357. The van der Waals surface area contributed by atoms with E-state index in [9.17, 15) is 4.79 Å². The van der Waals surface area contributed by atoms with Gasteiger partial charge in [-0.05, 0) is 18.7 Å². The summed E-state index contributed by atoms with van der Waals surface area (Å²) in [5.41, 5.74) is 1.52. The third-order valence-corrected chi connectivity index (χ3v) is 2.51. The van der Waals surface area contributed by atoms with Crippen LogP contribution in [-0.2, 0) is 9.53 Å². The molecule has 98 valence electrons. The molecule has 0 radical (unpaired) electrons. The van der Waals surface area contributed by atoms with Gasteiger partial charge >= 0.3 is 5.97 Å². The van der Waals surface area contributed by atoms with Gasteiger partial charge in [-0.25, -0.2) is 4.79 Å². The SMILES string of the molecule is COC(=O)/C(=C\c1ccccc1)CN(C)CCO. The molecule has 0 atom stereocenters. The van der Waals surface area contributed by atoms with Gasteiger partial charge in [-0.2, -0.15) is 0 Å². The number of ether oxygens (including phenoxy) is 1. The second-order valence-electron chi connectivity index (χ2n) is 4.03. The molecule has 0 aliphatic rings. The first-order valence-electron chi connectivity index (χ1n) is 5.80. The molecular weight excluding hydrogens is 230 g/mol. The molecule has 0 saturated carbocycles. The van der Waals surface area contributed by atoms with Gasteiger partial charge in [0.1, 0.15) is 0 Å². The first kappa shape index (κ1) is 14.4. The molecule has 1 N–H and O–H groups in total. The number of rotatable bonds is 6. The molecule has 0 aliphatic carbocycles. The van der Waals surface area contributed by atoms with E-state index < -0.39 is 0 Å². The Hall–Kier alpha value is -1.65. The lowest BCUT2D eigenvalue weighted by atomic mass is 10.1. The van der Waals surface area contributed by atoms with Gasteiger partial charge in [-0.1, -0.05) is 30.3 Å². The summed E-state index contributed by atoms with van der Waals surface area (Å²) in [5, 5.41) is 8.86. The van der Waals surface area contributed by atoms with Crippen molar-refractivity contribution in [3.05, 3.63) is 41.5 Å². The number of esters is 1. The van der Waals surface area contributed by atoms with Crippen LogP contribution in [0.3, 0.4) is 0 Å². The average molecular weight is 249 g/mol. The molecule has 1 rings (SSSR count). The number of benzene rings is 1. The maximum atomic E-state index is 11.7. The molecule has 0 aliphatic heterocycles. The molecule has 4 nitrogen and oxygen atoms in total. The first-order valence-corrected chi connectivity index (χ1v) is 5.80. The van der Waals surface area contributed by atoms with Crippen molar-refractivity contribution in [3.63, 3.8) is 0 Å². The van der Waals surface area contributed by atoms with Gasteiger partial charge in [-0.3, -0.25) is 4.90 Å². The Morgan fingerprint density at radius 2 is 2.06 bits per heavy atom. The third-order valence-electron chi connectivity index (χ3n) is 2.51. The molecule has 18 heavy (non-hydrogen) atoms. The summed E-state index contributed by atoms with van der Waals surface area (Å²) in [6, 6.07) is 9.60. The molecule has 0 spiro atoms. The Labute approximate surface area is 107 Å². The van der Waals surface area contributed by atoms with Crippen LogP contribution in [-0.4, -0.2) is 49.8 Å². The lowest BCUT2D eigenvalue weighted by Gasteiger charge is -2.16. The number of nitrogens with zero attached hydrogens (tertiary/aromatic N) is 1. The molecule has 0 bridgehead atoms. The van der Waals surface area contributed by atoms with Crippen LogP contribution in [0.25, 0.3) is 6.08 Å². The molecule has 0 saturated heterocycles. The van der Waals surface area contributed by atoms with Crippen LogP contribution in [0.4, 0.5) is 0 Å². The smallest absolute Gasteiger partial charge is 0.335 e. The van der Waals surface area contributed by atoms with Crippen molar-refractivity contribution in [2.45, 2.75) is 0 Å². The highest BCUT2D eigenvalue weighted by Crippen LogP contribution is 2.09. The summed E-state index contributed by atoms with van der Waals surface area (Å²) in [6.07, 6.45) is 1.81. The van der Waals surface area contributed by atoms with Crippen molar-refractivity contribution in [2.24, 2.45) is 0 Å². The second-order valence-corrected chi connectivity index (χ2v) is 4.03. The maximum Gasteiger partial charge on any atom is 0.335 e. The van der Waals surface area contributed by atoms with E-state index in [0.29, 0.717) is 18.7 Å². The summed E-state index contributed by atoms with van der Waals surface area (Å²) in [5.74, 6) is -0.344. The van der Waals surface area contributed by atoms with Gasteiger partial charge in [-0.15, -0.1) is 0 Å². The number of methoxy groups -OCH3 is 1. The van der Waals surface area contributed by atoms with Gasteiger partial charge in [0.15, 0.2) is 0 Å². The van der Waals surface area contributed by atoms with E-state index in [0.717, 1.165) is 5.56 Å². The van der Waals surface area contributed by atoms with Gasteiger partial charge in [0.25, 0.3) is 0 Å². The number of aliphatic hydroxyl groups is 1. The van der Waals surface area contributed by atoms with Crippen LogP contribution in [0, 0.1) is 0 Å². The first-order chi connectivity index (χ1) is 8.67.